The summed E-state index contributed by atoms with van der Waals surface area (Å²) in [7, 11) is 1.65. The number of carbonyl (C=O) groups is 5. The molecule has 0 bridgehead atoms. The van der Waals surface area contributed by atoms with Gasteiger partial charge in [0.1, 0.15) is 30.3 Å². The van der Waals surface area contributed by atoms with Crippen molar-refractivity contribution < 1.29 is 38.9 Å². The predicted molar refractivity (Wildman–Crippen MR) is 163 cm³/mol. The summed E-state index contributed by atoms with van der Waals surface area (Å²) >= 11 is 1.36. The Kier molecular flexibility index (Phi) is 13.8. The third kappa shape index (κ3) is 10.5. The molecule has 14 heteroatoms. The van der Waals surface area contributed by atoms with Gasteiger partial charge in [0.2, 0.25) is 11.8 Å². The number of carbonyl (C=O) groups excluding carboxylic acids is 3. The number of thioether (sulfide) groups is 1. The average Bonchev–Trinajstić information content (AvgIpc) is 3.32. The Hall–Kier alpha value is -3.75. The van der Waals surface area contributed by atoms with E-state index in [2.05, 4.69) is 26.3 Å². The van der Waals surface area contributed by atoms with Crippen molar-refractivity contribution in [2.24, 2.45) is 5.92 Å². The van der Waals surface area contributed by atoms with Crippen molar-refractivity contribution in [1.29, 1.82) is 0 Å². The molecule has 0 saturated heterocycles. The van der Waals surface area contributed by atoms with Crippen molar-refractivity contribution in [2.45, 2.75) is 69.2 Å². The summed E-state index contributed by atoms with van der Waals surface area (Å²) in [6.07, 6.45) is 8.92. The predicted octanol–water partition coefficient (Wildman–Crippen LogP) is 1.36. The van der Waals surface area contributed by atoms with Gasteiger partial charge in [-0.15, -0.1) is 11.8 Å². The number of esters is 1. The van der Waals surface area contributed by atoms with Crippen molar-refractivity contribution in [2.75, 3.05) is 26.0 Å². The molecule has 4 unspecified atom stereocenters. The third-order valence-electron chi connectivity index (χ3n) is 7.31. The van der Waals surface area contributed by atoms with E-state index >= 15 is 0 Å². The number of carboxylic acids is 2. The Balaban J connectivity index is 1.71. The third-order valence-corrected chi connectivity index (χ3v) is 8.69. The molecule has 44 heavy (non-hydrogen) atoms. The first-order valence-corrected chi connectivity index (χ1v) is 15.7. The number of hydrogen-bond acceptors (Lipinski definition) is 10. The van der Waals surface area contributed by atoms with Gasteiger partial charge >= 0.3 is 17.9 Å². The van der Waals surface area contributed by atoms with Gasteiger partial charge in [0.05, 0.1) is 5.25 Å². The standard InChI is InChI=1S/C30H41N5O8S/c1-3-4-24(27-20-6-5-19(14-21(20)30(42)43-27)13-18-9-11-32-12-10-18)44-16-23(28(39)33-15-26(37)38)35-25(36)8-7-22(29(40)41)34-17-31-2/h9-12,14,21-24,31,34H,3-8,13,15-17H2,1-2H3,(H,33,39)(H,35,36)(H,37,38)(H,40,41). The molecule has 0 aromatic carbocycles. The van der Waals surface area contributed by atoms with Crippen LogP contribution in [0.1, 0.15) is 51.0 Å². The van der Waals surface area contributed by atoms with E-state index in [0.29, 0.717) is 18.6 Å². The van der Waals surface area contributed by atoms with E-state index in [4.69, 9.17) is 9.84 Å². The number of allylic oxidation sites excluding steroid dienone is 1. The number of aromatic nitrogens is 1. The van der Waals surface area contributed by atoms with E-state index in [1.807, 2.05) is 25.1 Å². The van der Waals surface area contributed by atoms with Crippen molar-refractivity contribution in [3.8, 4) is 0 Å². The number of fused-ring (bicyclic) bond motifs is 1. The number of hydrogen-bond donors (Lipinski definition) is 6. The van der Waals surface area contributed by atoms with Gasteiger partial charge in [0, 0.05) is 31.2 Å². The minimum absolute atomic E-state index is 0.0117. The maximum atomic E-state index is 13.0. The van der Waals surface area contributed by atoms with E-state index in [1.165, 1.54) is 11.8 Å². The quantitative estimate of drug-likeness (QED) is 0.0730. The lowest BCUT2D eigenvalue weighted by atomic mass is 9.83. The van der Waals surface area contributed by atoms with Crippen molar-refractivity contribution in [3.05, 3.63) is 53.1 Å². The first kappa shape index (κ1) is 34.7. The fraction of sp³-hybridized carbons (Fsp3) is 0.533. The Morgan fingerprint density at radius 1 is 1.11 bits per heavy atom. The molecule has 0 saturated carbocycles. The highest BCUT2D eigenvalue weighted by Gasteiger charge is 2.39. The molecule has 0 radical (unpaired) electrons. The molecular weight excluding hydrogens is 590 g/mol. The van der Waals surface area contributed by atoms with Gasteiger partial charge in [0.25, 0.3) is 0 Å². The normalized spacial score (nSPS) is 18.0. The van der Waals surface area contributed by atoms with Crippen LogP contribution in [-0.2, 0) is 35.1 Å². The molecule has 2 amide bonds. The molecule has 13 nitrogen and oxygen atoms in total. The number of aliphatic carboxylic acids is 2. The Bertz CT molecular complexity index is 1260. The van der Waals surface area contributed by atoms with Gasteiger partial charge in [-0.2, -0.15) is 0 Å². The Morgan fingerprint density at radius 3 is 2.52 bits per heavy atom. The average molecular weight is 632 g/mol. The zero-order valence-corrected chi connectivity index (χ0v) is 25.8. The van der Waals surface area contributed by atoms with Crippen LogP contribution in [0.5, 0.6) is 0 Å². The zero-order valence-electron chi connectivity index (χ0n) is 25.0. The molecule has 0 spiro atoms. The molecule has 6 N–H and O–H groups in total. The molecule has 1 aromatic rings. The van der Waals surface area contributed by atoms with Gasteiger partial charge in [-0.05, 0) is 62.4 Å². The highest BCUT2D eigenvalue weighted by molar-refractivity contribution is 8.00. The number of pyridine rings is 1. The summed E-state index contributed by atoms with van der Waals surface area (Å²) in [6.45, 7) is 1.62. The first-order chi connectivity index (χ1) is 21.1. The number of rotatable bonds is 19. The van der Waals surface area contributed by atoms with Gasteiger partial charge in [-0.25, -0.2) is 0 Å². The highest BCUT2D eigenvalue weighted by Crippen LogP contribution is 2.42. The molecule has 240 valence electrons. The van der Waals surface area contributed by atoms with E-state index in [-0.39, 0.29) is 36.5 Å². The number of cyclic esters (lactones) is 1. The summed E-state index contributed by atoms with van der Waals surface area (Å²) < 4.78 is 5.83. The summed E-state index contributed by atoms with van der Waals surface area (Å²) in [6, 6.07) is 1.84. The molecular formula is C30H41N5O8S. The summed E-state index contributed by atoms with van der Waals surface area (Å²) in [5.74, 6) is -3.65. The van der Waals surface area contributed by atoms with Crippen molar-refractivity contribution >= 4 is 41.5 Å². The lowest BCUT2D eigenvalue weighted by Gasteiger charge is -2.23. The highest BCUT2D eigenvalue weighted by atomic mass is 32.2. The molecule has 1 aromatic heterocycles. The van der Waals surface area contributed by atoms with E-state index in [1.54, 1.807) is 19.4 Å². The minimum atomic E-state index is -1.23. The topological polar surface area (TPSA) is 196 Å². The van der Waals surface area contributed by atoms with Crippen LogP contribution >= 0.6 is 11.8 Å². The Morgan fingerprint density at radius 2 is 1.86 bits per heavy atom. The smallest absolute Gasteiger partial charge is 0.322 e. The largest absolute Gasteiger partial charge is 0.480 e. The second kappa shape index (κ2) is 17.5. The van der Waals surface area contributed by atoms with Crippen molar-refractivity contribution in [3.63, 3.8) is 0 Å². The van der Waals surface area contributed by atoms with Crippen LogP contribution in [0.3, 0.4) is 0 Å². The lowest BCUT2D eigenvalue weighted by Crippen LogP contribution is -2.50. The first-order valence-electron chi connectivity index (χ1n) is 14.7. The van der Waals surface area contributed by atoms with Crippen LogP contribution in [0, 0.1) is 5.92 Å². The van der Waals surface area contributed by atoms with Gasteiger partial charge in [0.15, 0.2) is 0 Å². The molecule has 2 heterocycles. The van der Waals surface area contributed by atoms with Gasteiger partial charge in [-0.1, -0.05) is 25.0 Å². The molecule has 3 rings (SSSR count). The zero-order chi connectivity index (χ0) is 32.1. The molecule has 4 atom stereocenters. The minimum Gasteiger partial charge on any atom is -0.480 e. The maximum absolute atomic E-state index is 13.0. The van der Waals surface area contributed by atoms with Crippen LogP contribution in [0.15, 0.2) is 47.5 Å². The second-order valence-corrected chi connectivity index (χ2v) is 11.9. The fourth-order valence-electron chi connectivity index (χ4n) is 5.09. The van der Waals surface area contributed by atoms with Crippen LogP contribution in [0.2, 0.25) is 0 Å². The van der Waals surface area contributed by atoms with Gasteiger partial charge < -0.3 is 30.9 Å². The van der Waals surface area contributed by atoms with E-state index in [0.717, 1.165) is 36.0 Å². The Labute approximate surface area is 260 Å². The summed E-state index contributed by atoms with van der Waals surface area (Å²) in [4.78, 5) is 65.2. The second-order valence-electron chi connectivity index (χ2n) is 10.7. The monoisotopic (exact) mass is 631 g/mol. The lowest BCUT2D eigenvalue weighted by molar-refractivity contribution is -0.140. The molecule has 0 fully saturated rings. The van der Waals surface area contributed by atoms with Crippen LogP contribution in [-0.4, -0.2) is 88.3 Å². The van der Waals surface area contributed by atoms with E-state index < -0.39 is 48.3 Å². The van der Waals surface area contributed by atoms with Crippen LogP contribution in [0.4, 0.5) is 0 Å². The number of nitrogens with zero attached hydrogens (tertiary/aromatic N) is 1. The number of nitrogens with one attached hydrogen (secondary N) is 4. The number of carboxylic acid groups (broad SMARTS) is 2. The summed E-state index contributed by atoms with van der Waals surface area (Å²) in [5.41, 5.74) is 3.21. The van der Waals surface area contributed by atoms with Crippen LogP contribution < -0.4 is 21.3 Å². The fourth-order valence-corrected chi connectivity index (χ4v) is 6.50. The van der Waals surface area contributed by atoms with Gasteiger partial charge in [-0.3, -0.25) is 34.3 Å². The molecule has 1 aliphatic heterocycles. The van der Waals surface area contributed by atoms with Crippen molar-refractivity contribution in [1.82, 2.24) is 26.3 Å². The maximum Gasteiger partial charge on any atom is 0.322 e. The van der Waals surface area contributed by atoms with Crippen LogP contribution in [0.25, 0.3) is 0 Å². The SMILES string of the molecule is CCCC(SCC(NC(=O)CCC(NCNC)C(=O)O)C(=O)NCC(=O)O)C1=C2CCC(Cc3ccncc3)=CC2C(=O)O1. The number of amides is 2. The summed E-state index contributed by atoms with van der Waals surface area (Å²) in [5, 5.41) is 28.7. The van der Waals surface area contributed by atoms with E-state index in [9.17, 15) is 29.1 Å². The molecule has 1 aliphatic carbocycles. The number of ether oxygens (including phenoxy) is 1. The molecule has 2 aliphatic rings.